The van der Waals surface area contributed by atoms with Crippen LogP contribution in [0.15, 0.2) is 85.1 Å². The molecule has 1 aromatic heterocycles. The smallest absolute Gasteiger partial charge is 0.258 e. The molecular formula is C27H24N2O2. The fraction of sp³-hybridized carbons (Fsp3) is 0.148. The van der Waals surface area contributed by atoms with Gasteiger partial charge in [0.2, 0.25) is 0 Å². The largest absolute Gasteiger partial charge is 0.497 e. The molecule has 0 fully saturated rings. The van der Waals surface area contributed by atoms with Crippen molar-refractivity contribution in [3.8, 4) is 16.9 Å². The van der Waals surface area contributed by atoms with Crippen molar-refractivity contribution < 1.29 is 9.53 Å². The van der Waals surface area contributed by atoms with Crippen molar-refractivity contribution in [1.82, 2.24) is 4.57 Å². The summed E-state index contributed by atoms with van der Waals surface area (Å²) in [6.45, 7) is 3.34. The molecule has 5 rings (SSSR count). The minimum absolute atomic E-state index is 0.0286. The van der Waals surface area contributed by atoms with Gasteiger partial charge in [-0.2, -0.15) is 0 Å². The molecule has 1 aliphatic rings. The lowest BCUT2D eigenvalue weighted by molar-refractivity contribution is 0.0984. The number of carbonyl (C=O) groups is 1. The van der Waals surface area contributed by atoms with E-state index >= 15 is 0 Å². The molecule has 0 N–H and O–H groups in total. The fourth-order valence-corrected chi connectivity index (χ4v) is 4.28. The first-order valence-electron chi connectivity index (χ1n) is 10.4. The summed E-state index contributed by atoms with van der Waals surface area (Å²) in [7, 11) is 1.66. The molecule has 1 aliphatic heterocycles. The van der Waals surface area contributed by atoms with E-state index in [1.165, 1.54) is 0 Å². The van der Waals surface area contributed by atoms with E-state index in [1.54, 1.807) is 7.11 Å². The maximum atomic E-state index is 13.7. The van der Waals surface area contributed by atoms with Crippen LogP contribution in [-0.4, -0.2) is 17.6 Å². The number of nitrogens with zero attached hydrogens (tertiary/aromatic N) is 2. The highest BCUT2D eigenvalue weighted by Gasteiger charge is 2.25. The number of hydrogen-bond acceptors (Lipinski definition) is 2. The van der Waals surface area contributed by atoms with E-state index < -0.39 is 0 Å². The van der Waals surface area contributed by atoms with Crippen LogP contribution in [0, 0.1) is 6.92 Å². The average Bonchev–Trinajstić information content (AvgIpc) is 3.17. The van der Waals surface area contributed by atoms with Gasteiger partial charge in [0.15, 0.2) is 0 Å². The standard InChI is InChI=1S/C27H24N2O2/c1-19-16-21(20-9-12-24(31-2)13-10-20)11-14-25(19)27(30)29-18-23-7-5-15-28(23)17-22-6-3-4-8-26(22)29/h3-16H,17-18H2,1-2H3. The van der Waals surface area contributed by atoms with Gasteiger partial charge in [-0.05, 0) is 65.6 Å². The number of anilines is 1. The zero-order valence-electron chi connectivity index (χ0n) is 17.7. The van der Waals surface area contributed by atoms with Crippen LogP contribution in [0.1, 0.15) is 27.2 Å². The Morgan fingerprint density at radius 1 is 0.871 bits per heavy atom. The molecule has 0 saturated heterocycles. The Morgan fingerprint density at radius 2 is 1.65 bits per heavy atom. The van der Waals surface area contributed by atoms with E-state index in [1.807, 2.05) is 72.5 Å². The molecular weight excluding hydrogens is 384 g/mol. The van der Waals surface area contributed by atoms with E-state index in [-0.39, 0.29) is 5.91 Å². The van der Waals surface area contributed by atoms with Crippen molar-refractivity contribution in [2.45, 2.75) is 20.0 Å². The second-order valence-electron chi connectivity index (χ2n) is 7.91. The normalized spacial score (nSPS) is 12.6. The predicted molar refractivity (Wildman–Crippen MR) is 124 cm³/mol. The molecule has 4 nitrogen and oxygen atoms in total. The Balaban J connectivity index is 1.51. The number of para-hydroxylation sites is 1. The monoisotopic (exact) mass is 408 g/mol. The first kappa shape index (κ1) is 19.2. The number of methoxy groups -OCH3 is 1. The number of aryl methyl sites for hydroxylation is 1. The second kappa shape index (κ2) is 7.80. The lowest BCUT2D eigenvalue weighted by Crippen LogP contribution is -2.31. The number of fused-ring (bicyclic) bond motifs is 2. The maximum absolute atomic E-state index is 13.7. The number of aromatic nitrogens is 1. The lowest BCUT2D eigenvalue weighted by atomic mass is 9.98. The molecule has 3 aromatic carbocycles. The number of carbonyl (C=O) groups excluding carboxylic acids is 1. The van der Waals surface area contributed by atoms with Gasteiger partial charge in [-0.15, -0.1) is 0 Å². The summed E-state index contributed by atoms with van der Waals surface area (Å²) in [6, 6.07) is 26.3. The van der Waals surface area contributed by atoms with E-state index in [4.69, 9.17) is 4.74 Å². The van der Waals surface area contributed by atoms with Gasteiger partial charge in [-0.1, -0.05) is 42.5 Å². The molecule has 154 valence electrons. The van der Waals surface area contributed by atoms with Crippen LogP contribution in [0.4, 0.5) is 5.69 Å². The summed E-state index contributed by atoms with van der Waals surface area (Å²) in [4.78, 5) is 15.6. The molecule has 4 heteroatoms. The van der Waals surface area contributed by atoms with Crippen LogP contribution in [-0.2, 0) is 13.1 Å². The summed E-state index contributed by atoms with van der Waals surface area (Å²) in [5, 5.41) is 0. The molecule has 0 saturated carbocycles. The number of hydrogen-bond donors (Lipinski definition) is 0. The third-order valence-electron chi connectivity index (χ3n) is 5.99. The zero-order chi connectivity index (χ0) is 21.4. The number of amides is 1. The molecule has 0 atom stereocenters. The van der Waals surface area contributed by atoms with E-state index in [0.717, 1.165) is 51.5 Å². The summed E-state index contributed by atoms with van der Waals surface area (Å²) in [5.41, 5.74) is 7.15. The third kappa shape index (κ3) is 3.50. The molecule has 2 heterocycles. The predicted octanol–water partition coefficient (Wildman–Crippen LogP) is 5.68. The number of rotatable bonds is 3. The minimum atomic E-state index is 0.0286. The molecule has 0 bridgehead atoms. The Morgan fingerprint density at radius 3 is 2.42 bits per heavy atom. The van der Waals surface area contributed by atoms with Crippen LogP contribution in [0.3, 0.4) is 0 Å². The Hall–Kier alpha value is -3.79. The maximum Gasteiger partial charge on any atom is 0.258 e. The van der Waals surface area contributed by atoms with Crippen LogP contribution in [0.25, 0.3) is 11.1 Å². The fourth-order valence-electron chi connectivity index (χ4n) is 4.28. The van der Waals surface area contributed by atoms with Gasteiger partial charge in [0.25, 0.3) is 5.91 Å². The van der Waals surface area contributed by atoms with E-state index in [2.05, 4.69) is 29.0 Å². The van der Waals surface area contributed by atoms with Gasteiger partial charge < -0.3 is 14.2 Å². The summed E-state index contributed by atoms with van der Waals surface area (Å²) in [5.74, 6) is 0.859. The van der Waals surface area contributed by atoms with Crippen molar-refractivity contribution in [2.75, 3.05) is 12.0 Å². The van der Waals surface area contributed by atoms with Gasteiger partial charge in [-0.25, -0.2) is 0 Å². The van der Waals surface area contributed by atoms with Crippen molar-refractivity contribution in [3.63, 3.8) is 0 Å². The zero-order valence-corrected chi connectivity index (χ0v) is 17.7. The minimum Gasteiger partial charge on any atom is -0.497 e. The lowest BCUT2D eigenvalue weighted by Gasteiger charge is -2.24. The number of benzene rings is 3. The van der Waals surface area contributed by atoms with E-state index in [9.17, 15) is 4.79 Å². The molecule has 0 spiro atoms. The second-order valence-corrected chi connectivity index (χ2v) is 7.91. The van der Waals surface area contributed by atoms with Gasteiger partial charge >= 0.3 is 0 Å². The van der Waals surface area contributed by atoms with Gasteiger partial charge in [0.05, 0.1) is 13.7 Å². The Bertz CT molecular complexity index is 1250. The van der Waals surface area contributed by atoms with Crippen molar-refractivity contribution in [1.29, 1.82) is 0 Å². The van der Waals surface area contributed by atoms with Crippen molar-refractivity contribution >= 4 is 11.6 Å². The van der Waals surface area contributed by atoms with E-state index in [0.29, 0.717) is 6.54 Å². The number of ether oxygens (including phenoxy) is 1. The van der Waals surface area contributed by atoms with Crippen LogP contribution in [0.2, 0.25) is 0 Å². The highest BCUT2D eigenvalue weighted by molar-refractivity contribution is 6.07. The summed E-state index contributed by atoms with van der Waals surface area (Å²) in [6.07, 6.45) is 2.08. The summed E-state index contributed by atoms with van der Waals surface area (Å²) >= 11 is 0. The van der Waals surface area contributed by atoms with Gasteiger partial charge in [-0.3, -0.25) is 4.79 Å². The van der Waals surface area contributed by atoms with Crippen molar-refractivity contribution in [3.05, 3.63) is 107 Å². The first-order chi connectivity index (χ1) is 15.1. The van der Waals surface area contributed by atoms with Crippen LogP contribution < -0.4 is 9.64 Å². The Labute approximate surface area is 182 Å². The van der Waals surface area contributed by atoms with Crippen LogP contribution >= 0.6 is 0 Å². The average molecular weight is 409 g/mol. The van der Waals surface area contributed by atoms with Gasteiger partial charge in [0.1, 0.15) is 5.75 Å². The molecule has 1 amide bonds. The van der Waals surface area contributed by atoms with Crippen LogP contribution in [0.5, 0.6) is 5.75 Å². The van der Waals surface area contributed by atoms with Gasteiger partial charge in [0, 0.05) is 29.7 Å². The highest BCUT2D eigenvalue weighted by atomic mass is 16.5. The molecule has 31 heavy (non-hydrogen) atoms. The summed E-state index contributed by atoms with van der Waals surface area (Å²) < 4.78 is 7.47. The molecule has 0 radical (unpaired) electrons. The molecule has 0 aliphatic carbocycles. The highest BCUT2D eigenvalue weighted by Crippen LogP contribution is 2.31. The molecule has 4 aromatic rings. The topological polar surface area (TPSA) is 34.5 Å². The quantitative estimate of drug-likeness (QED) is 0.437. The molecule has 0 unspecified atom stereocenters. The Kier molecular flexibility index (Phi) is 4.83. The van der Waals surface area contributed by atoms with Crippen molar-refractivity contribution in [2.24, 2.45) is 0 Å². The SMILES string of the molecule is COc1ccc(-c2ccc(C(=O)N3Cc4cccn4Cc4ccccc43)c(C)c2)cc1. The third-order valence-corrected chi connectivity index (χ3v) is 5.99. The first-order valence-corrected chi connectivity index (χ1v) is 10.4.